The van der Waals surface area contributed by atoms with Crippen LogP contribution >= 0.6 is 11.6 Å². The van der Waals surface area contributed by atoms with E-state index in [1.54, 1.807) is 30.3 Å². The van der Waals surface area contributed by atoms with Crippen molar-refractivity contribution in [1.29, 1.82) is 0 Å². The van der Waals surface area contributed by atoms with Crippen LogP contribution in [-0.2, 0) is 9.53 Å². The Balaban J connectivity index is 1.95. The Morgan fingerprint density at radius 1 is 1.00 bits per heavy atom. The molecule has 20 heavy (non-hydrogen) atoms. The molecule has 0 atom stereocenters. The lowest BCUT2D eigenvalue weighted by molar-refractivity contribution is -0.128. The van der Waals surface area contributed by atoms with Crippen LogP contribution in [0.3, 0.4) is 0 Å². The Labute approximate surface area is 121 Å². The summed E-state index contributed by atoms with van der Waals surface area (Å²) in [5, 5.41) is 0.575. The quantitative estimate of drug-likeness (QED) is 0.781. The van der Waals surface area contributed by atoms with Crippen LogP contribution in [0, 0.1) is 0 Å². The van der Waals surface area contributed by atoms with E-state index in [0.29, 0.717) is 16.5 Å². The molecule has 3 nitrogen and oxygen atoms in total. The number of cyclic esters (lactones) is 1. The molecule has 0 amide bonds. The number of hydrogen-bond donors (Lipinski definition) is 0. The molecule has 0 aliphatic carbocycles. The number of halogens is 1. The van der Waals surface area contributed by atoms with Gasteiger partial charge in [-0.3, -0.25) is 0 Å². The average molecular weight is 284 g/mol. The van der Waals surface area contributed by atoms with Gasteiger partial charge in [0, 0.05) is 16.7 Å². The number of rotatable bonds is 2. The second kappa shape index (κ2) is 5.31. The van der Waals surface area contributed by atoms with Crippen molar-refractivity contribution in [3.8, 4) is 0 Å². The maximum absolute atomic E-state index is 11.8. The number of ether oxygens (including phenoxy) is 1. The number of benzene rings is 2. The summed E-state index contributed by atoms with van der Waals surface area (Å²) < 4.78 is 5.22. The van der Waals surface area contributed by atoms with Crippen molar-refractivity contribution in [3.05, 3.63) is 71.3 Å². The molecule has 0 saturated carbocycles. The van der Waals surface area contributed by atoms with Gasteiger partial charge in [-0.25, -0.2) is 9.79 Å². The molecule has 2 aromatic rings. The minimum Gasteiger partial charge on any atom is -0.421 e. The minimum absolute atomic E-state index is 0.270. The standard InChI is InChI=1S/C16H10ClNO2/c17-12-7-4-8-13(9-12)18-14-10-15(20-16(14)19)11-5-2-1-3-6-11/h1-10H. The molecule has 1 aliphatic heterocycles. The van der Waals surface area contributed by atoms with Gasteiger partial charge in [-0.1, -0.05) is 48.0 Å². The van der Waals surface area contributed by atoms with Crippen molar-refractivity contribution >= 4 is 34.7 Å². The van der Waals surface area contributed by atoms with Crippen LogP contribution in [-0.4, -0.2) is 11.7 Å². The lowest BCUT2D eigenvalue weighted by Gasteiger charge is -1.99. The van der Waals surface area contributed by atoms with Gasteiger partial charge in [0.25, 0.3) is 0 Å². The number of esters is 1. The van der Waals surface area contributed by atoms with Crippen molar-refractivity contribution in [2.75, 3.05) is 0 Å². The zero-order chi connectivity index (χ0) is 13.9. The fraction of sp³-hybridized carbons (Fsp3) is 0. The molecule has 1 heterocycles. The van der Waals surface area contributed by atoms with Crippen LogP contribution in [0.15, 0.2) is 65.7 Å². The molecule has 1 aliphatic rings. The molecule has 0 unspecified atom stereocenters. The van der Waals surface area contributed by atoms with E-state index >= 15 is 0 Å². The molecule has 0 bridgehead atoms. The Kier molecular flexibility index (Phi) is 3.35. The normalized spacial score (nSPS) is 16.1. The van der Waals surface area contributed by atoms with E-state index < -0.39 is 5.97 Å². The summed E-state index contributed by atoms with van der Waals surface area (Å²) >= 11 is 5.89. The van der Waals surface area contributed by atoms with Gasteiger partial charge in [0.05, 0.1) is 5.69 Å². The van der Waals surface area contributed by atoms with Gasteiger partial charge in [0.2, 0.25) is 0 Å². The average Bonchev–Trinajstić information content (AvgIpc) is 2.81. The van der Waals surface area contributed by atoms with E-state index in [0.717, 1.165) is 5.56 Å². The molecule has 2 aromatic carbocycles. The Hall–Kier alpha value is -2.39. The summed E-state index contributed by atoms with van der Waals surface area (Å²) in [6.07, 6.45) is 1.64. The highest BCUT2D eigenvalue weighted by atomic mass is 35.5. The maximum atomic E-state index is 11.8. The molecule has 4 heteroatoms. The number of nitrogens with zero attached hydrogens (tertiary/aromatic N) is 1. The second-order valence-electron chi connectivity index (χ2n) is 4.24. The van der Waals surface area contributed by atoms with Gasteiger partial charge in [-0.2, -0.15) is 0 Å². The van der Waals surface area contributed by atoms with E-state index in [-0.39, 0.29) is 5.71 Å². The smallest absolute Gasteiger partial charge is 0.362 e. The third kappa shape index (κ3) is 2.63. The molecular weight excluding hydrogens is 274 g/mol. The molecule has 0 N–H and O–H groups in total. The fourth-order valence-corrected chi connectivity index (χ4v) is 2.06. The van der Waals surface area contributed by atoms with Gasteiger partial charge in [-0.05, 0) is 18.2 Å². The van der Waals surface area contributed by atoms with Crippen LogP contribution in [0.4, 0.5) is 5.69 Å². The maximum Gasteiger partial charge on any atom is 0.362 e. The fourth-order valence-electron chi connectivity index (χ4n) is 1.87. The van der Waals surface area contributed by atoms with Gasteiger partial charge >= 0.3 is 5.97 Å². The third-order valence-electron chi connectivity index (χ3n) is 2.80. The van der Waals surface area contributed by atoms with Gasteiger partial charge in [-0.15, -0.1) is 0 Å². The molecule has 98 valence electrons. The van der Waals surface area contributed by atoms with E-state index in [4.69, 9.17) is 16.3 Å². The zero-order valence-electron chi connectivity index (χ0n) is 10.4. The van der Waals surface area contributed by atoms with Gasteiger partial charge in [0.1, 0.15) is 5.76 Å². The van der Waals surface area contributed by atoms with Crippen molar-refractivity contribution < 1.29 is 9.53 Å². The van der Waals surface area contributed by atoms with Crippen molar-refractivity contribution in [3.63, 3.8) is 0 Å². The molecule has 0 spiro atoms. The largest absolute Gasteiger partial charge is 0.421 e. The highest BCUT2D eigenvalue weighted by Crippen LogP contribution is 2.24. The molecular formula is C16H10ClNO2. The number of carbonyl (C=O) groups excluding carboxylic acids is 1. The predicted molar refractivity (Wildman–Crippen MR) is 79.1 cm³/mol. The topological polar surface area (TPSA) is 38.7 Å². The first-order chi connectivity index (χ1) is 9.72. The molecule has 0 radical (unpaired) electrons. The van der Waals surface area contributed by atoms with E-state index in [9.17, 15) is 4.79 Å². The summed E-state index contributed by atoms with van der Waals surface area (Å²) in [6, 6.07) is 16.4. The third-order valence-corrected chi connectivity index (χ3v) is 3.03. The Morgan fingerprint density at radius 2 is 1.80 bits per heavy atom. The van der Waals surface area contributed by atoms with Crippen LogP contribution in [0.5, 0.6) is 0 Å². The van der Waals surface area contributed by atoms with Crippen molar-refractivity contribution in [2.45, 2.75) is 0 Å². The first kappa shape index (κ1) is 12.6. The number of aliphatic imine (C=N–C) groups is 1. The van der Waals surface area contributed by atoms with Crippen molar-refractivity contribution in [2.24, 2.45) is 4.99 Å². The number of hydrogen-bond acceptors (Lipinski definition) is 3. The minimum atomic E-state index is -0.455. The molecule has 0 fully saturated rings. The predicted octanol–water partition coefficient (Wildman–Crippen LogP) is 4.01. The first-order valence-electron chi connectivity index (χ1n) is 6.06. The van der Waals surface area contributed by atoms with E-state index in [1.165, 1.54) is 0 Å². The summed E-state index contributed by atoms with van der Waals surface area (Å²) in [6.45, 7) is 0. The van der Waals surface area contributed by atoms with Crippen LogP contribution in [0.1, 0.15) is 5.56 Å². The highest BCUT2D eigenvalue weighted by molar-refractivity contribution is 6.46. The second-order valence-corrected chi connectivity index (χ2v) is 4.68. The zero-order valence-corrected chi connectivity index (χ0v) is 11.2. The van der Waals surface area contributed by atoms with E-state index in [1.807, 2.05) is 30.3 Å². The summed E-state index contributed by atoms with van der Waals surface area (Å²) in [7, 11) is 0. The Bertz CT molecular complexity index is 720. The summed E-state index contributed by atoms with van der Waals surface area (Å²) in [5.74, 6) is 0.0557. The van der Waals surface area contributed by atoms with Crippen LogP contribution in [0.25, 0.3) is 5.76 Å². The summed E-state index contributed by atoms with van der Waals surface area (Å²) in [4.78, 5) is 16.1. The monoisotopic (exact) mass is 283 g/mol. The summed E-state index contributed by atoms with van der Waals surface area (Å²) in [5.41, 5.74) is 1.73. The first-order valence-corrected chi connectivity index (χ1v) is 6.44. The molecule has 3 rings (SSSR count). The van der Waals surface area contributed by atoms with Crippen molar-refractivity contribution in [1.82, 2.24) is 0 Å². The Morgan fingerprint density at radius 3 is 2.55 bits per heavy atom. The van der Waals surface area contributed by atoms with Crippen LogP contribution < -0.4 is 0 Å². The number of carbonyl (C=O) groups is 1. The van der Waals surface area contributed by atoms with Gasteiger partial charge in [0.15, 0.2) is 5.71 Å². The van der Waals surface area contributed by atoms with E-state index in [2.05, 4.69) is 4.99 Å². The lowest BCUT2D eigenvalue weighted by atomic mass is 10.2. The van der Waals surface area contributed by atoms with Gasteiger partial charge < -0.3 is 4.74 Å². The molecule has 0 saturated heterocycles. The highest BCUT2D eigenvalue weighted by Gasteiger charge is 2.23. The lowest BCUT2D eigenvalue weighted by Crippen LogP contribution is -2.06. The SMILES string of the molecule is O=C1OC(c2ccccc2)=CC1=Nc1cccc(Cl)c1. The van der Waals surface area contributed by atoms with Crippen LogP contribution in [0.2, 0.25) is 5.02 Å². The molecule has 0 aromatic heterocycles.